The van der Waals surface area contributed by atoms with Crippen molar-refractivity contribution >= 4 is 16.5 Å². The van der Waals surface area contributed by atoms with E-state index in [9.17, 15) is 0 Å². The summed E-state index contributed by atoms with van der Waals surface area (Å²) < 4.78 is 0. The molecule has 8 heavy (non-hydrogen) atoms. The summed E-state index contributed by atoms with van der Waals surface area (Å²) >= 11 is 0. The van der Waals surface area contributed by atoms with Crippen molar-refractivity contribution in [2.45, 2.75) is 12.3 Å². The van der Waals surface area contributed by atoms with Crippen molar-refractivity contribution < 1.29 is 14.7 Å². The van der Waals surface area contributed by atoms with Crippen molar-refractivity contribution in [3.05, 3.63) is 0 Å². The summed E-state index contributed by atoms with van der Waals surface area (Å²) in [6, 6.07) is 0. The van der Waals surface area contributed by atoms with Crippen LogP contribution >= 0.6 is 16.5 Å². The molecule has 0 fully saturated rings. The fourth-order valence-corrected chi connectivity index (χ4v) is 1.35. The van der Waals surface area contributed by atoms with Gasteiger partial charge in [-0.2, -0.15) is 0 Å². The Morgan fingerprint density at radius 3 is 1.62 bits per heavy atom. The molecule has 0 spiro atoms. The van der Waals surface area contributed by atoms with E-state index in [1.165, 1.54) is 0 Å². The van der Waals surface area contributed by atoms with Gasteiger partial charge in [-0.1, -0.05) is 0 Å². The van der Waals surface area contributed by atoms with E-state index < -0.39 is 16.5 Å². The summed E-state index contributed by atoms with van der Waals surface area (Å²) in [6.07, 6.45) is 0. The minimum absolute atomic E-state index is 0.333. The molecule has 3 nitrogen and oxygen atoms in total. The Morgan fingerprint density at radius 2 is 1.62 bits per heavy atom. The predicted molar refractivity (Wildman–Crippen MR) is 35.9 cm³/mol. The lowest BCUT2D eigenvalue weighted by atomic mass is 11.0. The van der Waals surface area contributed by atoms with Crippen LogP contribution in [0.2, 0.25) is 0 Å². The van der Waals surface area contributed by atoms with Gasteiger partial charge in [0.15, 0.2) is 8.38 Å². The van der Waals surface area contributed by atoms with Gasteiger partial charge in [0.2, 0.25) is 0 Å². The molecular formula is C3H10O3P2. The van der Waals surface area contributed by atoms with E-state index in [2.05, 4.69) is 0 Å². The molecule has 0 saturated heterocycles. The Labute approximate surface area is 51.1 Å². The van der Waals surface area contributed by atoms with E-state index in [1.807, 2.05) is 0 Å². The first-order chi connectivity index (χ1) is 3.55. The van der Waals surface area contributed by atoms with Gasteiger partial charge in [0.25, 0.3) is 0 Å². The highest BCUT2D eigenvalue weighted by molar-refractivity contribution is 7.67. The molecule has 2 atom stereocenters. The Morgan fingerprint density at radius 1 is 1.25 bits per heavy atom. The van der Waals surface area contributed by atoms with Gasteiger partial charge in [0.1, 0.15) is 0 Å². The lowest BCUT2D eigenvalue weighted by Gasteiger charge is -2.13. The van der Waals surface area contributed by atoms with Crippen LogP contribution in [0.3, 0.4) is 0 Å². The molecule has 0 aromatic heterocycles. The van der Waals surface area contributed by atoms with Gasteiger partial charge in [-0.3, -0.25) is 0 Å². The van der Waals surface area contributed by atoms with Crippen LogP contribution in [0.5, 0.6) is 0 Å². The standard InChI is InChI=1S/C3H10O3P2/c1-3(7(2)4)8(5)6/h3-6H,1-2H3. The van der Waals surface area contributed by atoms with Gasteiger partial charge >= 0.3 is 0 Å². The maximum absolute atomic E-state index is 8.75. The topological polar surface area (TPSA) is 60.7 Å². The minimum atomic E-state index is -1.92. The maximum atomic E-state index is 8.75. The summed E-state index contributed by atoms with van der Waals surface area (Å²) in [7, 11) is -3.09. The molecule has 0 aromatic rings. The fraction of sp³-hybridized carbons (Fsp3) is 1.00. The van der Waals surface area contributed by atoms with Crippen LogP contribution in [0.25, 0.3) is 0 Å². The van der Waals surface area contributed by atoms with Gasteiger partial charge in [0, 0.05) is 8.15 Å². The molecule has 50 valence electrons. The van der Waals surface area contributed by atoms with Gasteiger partial charge in [-0.25, -0.2) is 0 Å². The summed E-state index contributed by atoms with van der Waals surface area (Å²) in [5.74, 6) is 0. The first-order valence-electron chi connectivity index (χ1n) is 2.14. The van der Waals surface area contributed by atoms with Crippen molar-refractivity contribution in [2.75, 3.05) is 6.66 Å². The average Bonchev–Trinajstić information content (AvgIpc) is 1.64. The van der Waals surface area contributed by atoms with Crippen molar-refractivity contribution in [3.8, 4) is 0 Å². The quantitative estimate of drug-likeness (QED) is 0.514. The van der Waals surface area contributed by atoms with E-state index in [0.717, 1.165) is 0 Å². The number of hydrogen-bond acceptors (Lipinski definition) is 3. The summed E-state index contributed by atoms with van der Waals surface area (Å²) in [5, 5.41) is -0.333. The Hall–Kier alpha value is 0.740. The Balaban J connectivity index is 3.46. The van der Waals surface area contributed by atoms with Crippen LogP contribution in [0.1, 0.15) is 6.92 Å². The normalized spacial score (nSPS) is 18.8. The van der Waals surface area contributed by atoms with Crippen molar-refractivity contribution in [1.29, 1.82) is 0 Å². The molecule has 5 heteroatoms. The predicted octanol–water partition coefficient (Wildman–Crippen LogP) is 0.648. The van der Waals surface area contributed by atoms with Crippen LogP contribution < -0.4 is 0 Å². The molecule has 0 aliphatic heterocycles. The first kappa shape index (κ1) is 8.74. The monoisotopic (exact) mass is 156 g/mol. The van der Waals surface area contributed by atoms with Gasteiger partial charge < -0.3 is 14.7 Å². The second kappa shape index (κ2) is 3.71. The molecule has 0 radical (unpaired) electrons. The molecule has 0 aliphatic carbocycles. The third kappa shape index (κ3) is 2.91. The van der Waals surface area contributed by atoms with Gasteiger partial charge in [-0.05, 0) is 13.6 Å². The van der Waals surface area contributed by atoms with Crippen LogP contribution in [0, 0.1) is 0 Å². The zero-order valence-electron chi connectivity index (χ0n) is 4.81. The number of rotatable bonds is 2. The van der Waals surface area contributed by atoms with Crippen LogP contribution in [-0.2, 0) is 0 Å². The maximum Gasteiger partial charge on any atom is 0.174 e. The lowest BCUT2D eigenvalue weighted by molar-refractivity contribution is 0.477. The Bertz CT molecular complexity index is 57.5. The summed E-state index contributed by atoms with van der Waals surface area (Å²) in [6.45, 7) is 3.22. The molecule has 3 N–H and O–H groups in total. The summed E-state index contributed by atoms with van der Waals surface area (Å²) in [5.41, 5.74) is 0. The van der Waals surface area contributed by atoms with Crippen LogP contribution in [-0.4, -0.2) is 26.7 Å². The fourth-order valence-electron chi connectivity index (χ4n) is 0.149. The SMILES string of the molecule is CC(P(C)O)P(O)O. The zero-order chi connectivity index (χ0) is 6.73. The second-order valence-corrected chi connectivity index (χ2v) is 5.27. The molecule has 0 amide bonds. The first-order valence-corrected chi connectivity index (χ1v) is 5.27. The molecular weight excluding hydrogens is 146 g/mol. The largest absolute Gasteiger partial charge is 0.373 e. The van der Waals surface area contributed by atoms with Gasteiger partial charge in [0.05, 0.1) is 5.40 Å². The van der Waals surface area contributed by atoms with Crippen molar-refractivity contribution in [1.82, 2.24) is 0 Å². The van der Waals surface area contributed by atoms with E-state index in [-0.39, 0.29) is 5.40 Å². The highest BCUT2D eigenvalue weighted by atomic mass is 31.2. The highest BCUT2D eigenvalue weighted by Crippen LogP contribution is 2.48. The molecule has 0 rings (SSSR count). The smallest absolute Gasteiger partial charge is 0.174 e. The average molecular weight is 156 g/mol. The van der Waals surface area contributed by atoms with E-state index in [1.54, 1.807) is 13.6 Å². The third-order valence-electron chi connectivity index (χ3n) is 0.875. The van der Waals surface area contributed by atoms with E-state index in [0.29, 0.717) is 0 Å². The number of hydrogen-bond donors (Lipinski definition) is 3. The third-order valence-corrected chi connectivity index (χ3v) is 4.25. The molecule has 0 bridgehead atoms. The van der Waals surface area contributed by atoms with Gasteiger partial charge in [-0.15, -0.1) is 0 Å². The second-order valence-electron chi connectivity index (χ2n) is 1.53. The highest BCUT2D eigenvalue weighted by Gasteiger charge is 2.16. The van der Waals surface area contributed by atoms with Crippen LogP contribution in [0.15, 0.2) is 0 Å². The van der Waals surface area contributed by atoms with Crippen LogP contribution in [0.4, 0.5) is 0 Å². The molecule has 0 aromatic carbocycles. The van der Waals surface area contributed by atoms with Crippen molar-refractivity contribution in [3.63, 3.8) is 0 Å². The minimum Gasteiger partial charge on any atom is -0.373 e. The van der Waals surface area contributed by atoms with E-state index in [4.69, 9.17) is 14.7 Å². The Kier molecular flexibility index (Phi) is 4.05. The molecule has 0 heterocycles. The molecule has 2 unspecified atom stereocenters. The summed E-state index contributed by atoms with van der Waals surface area (Å²) in [4.78, 5) is 25.7. The van der Waals surface area contributed by atoms with Crippen molar-refractivity contribution in [2.24, 2.45) is 0 Å². The zero-order valence-corrected chi connectivity index (χ0v) is 6.60. The van der Waals surface area contributed by atoms with E-state index >= 15 is 0 Å². The molecule has 0 aliphatic rings. The molecule has 0 saturated carbocycles. The lowest BCUT2D eigenvalue weighted by Crippen LogP contribution is -1.94.